The first-order chi connectivity index (χ1) is 6.24. The molecule has 1 atom stereocenters. The van der Waals surface area contributed by atoms with E-state index in [9.17, 15) is 0 Å². The van der Waals surface area contributed by atoms with Crippen LogP contribution in [0.2, 0.25) is 0 Å². The van der Waals surface area contributed by atoms with Crippen molar-refractivity contribution in [3.63, 3.8) is 0 Å². The number of rotatable bonds is 3. The fraction of sp³-hybridized carbons (Fsp3) is 0.333. The summed E-state index contributed by atoms with van der Waals surface area (Å²) in [6.07, 6.45) is 1.75. The second-order valence-electron chi connectivity index (χ2n) is 2.63. The summed E-state index contributed by atoms with van der Waals surface area (Å²) in [6.45, 7) is 1.91. The minimum absolute atomic E-state index is 0.0684. The first-order valence-electron chi connectivity index (χ1n) is 3.87. The van der Waals surface area contributed by atoms with Gasteiger partial charge in [-0.1, -0.05) is 0 Å². The van der Waals surface area contributed by atoms with Gasteiger partial charge in [0.1, 0.15) is 5.03 Å². The average molecular weight is 257 g/mol. The van der Waals surface area contributed by atoms with Gasteiger partial charge >= 0.3 is 0 Å². The number of aromatic nitrogens is 1. The van der Waals surface area contributed by atoms with E-state index >= 15 is 0 Å². The van der Waals surface area contributed by atoms with E-state index in [4.69, 9.17) is 5.26 Å². The van der Waals surface area contributed by atoms with Gasteiger partial charge in [0.05, 0.1) is 12.0 Å². The highest BCUT2D eigenvalue weighted by Gasteiger charge is 2.04. The van der Waals surface area contributed by atoms with Crippen LogP contribution in [0.15, 0.2) is 27.8 Å². The van der Waals surface area contributed by atoms with Crippen LogP contribution < -0.4 is 0 Å². The number of thioether (sulfide) groups is 1. The molecule has 0 aromatic carbocycles. The molecule has 0 N–H and O–H groups in total. The lowest BCUT2D eigenvalue weighted by molar-refractivity contribution is 0.861. The Morgan fingerprint density at radius 1 is 1.77 bits per heavy atom. The Labute approximate surface area is 90.5 Å². The van der Waals surface area contributed by atoms with E-state index in [0.29, 0.717) is 0 Å². The molecule has 0 spiro atoms. The SMILES string of the molecule is CC(C#N)CSc1ncccc1Br. The van der Waals surface area contributed by atoms with Crippen molar-refractivity contribution >= 4 is 27.7 Å². The van der Waals surface area contributed by atoms with E-state index in [0.717, 1.165) is 15.3 Å². The Balaban J connectivity index is 2.56. The fourth-order valence-electron chi connectivity index (χ4n) is 0.719. The number of hydrogen-bond donors (Lipinski definition) is 0. The number of halogens is 1. The van der Waals surface area contributed by atoms with Crippen LogP contribution in [-0.4, -0.2) is 10.7 Å². The lowest BCUT2D eigenvalue weighted by Crippen LogP contribution is -1.94. The normalized spacial score (nSPS) is 12.1. The van der Waals surface area contributed by atoms with Gasteiger partial charge in [-0.2, -0.15) is 5.26 Å². The molecule has 13 heavy (non-hydrogen) atoms. The lowest BCUT2D eigenvalue weighted by Gasteiger charge is -2.03. The van der Waals surface area contributed by atoms with Gasteiger partial charge in [0.15, 0.2) is 0 Å². The summed E-state index contributed by atoms with van der Waals surface area (Å²) in [6, 6.07) is 6.02. The second kappa shape index (κ2) is 5.25. The Kier molecular flexibility index (Phi) is 4.26. The fourth-order valence-corrected chi connectivity index (χ4v) is 2.14. The summed E-state index contributed by atoms with van der Waals surface area (Å²) >= 11 is 5.00. The van der Waals surface area contributed by atoms with Gasteiger partial charge in [-0.05, 0) is 35.0 Å². The van der Waals surface area contributed by atoms with Crippen LogP contribution in [0.25, 0.3) is 0 Å². The molecule has 4 heteroatoms. The van der Waals surface area contributed by atoms with Crippen molar-refractivity contribution in [1.82, 2.24) is 4.98 Å². The van der Waals surface area contributed by atoms with Crippen LogP contribution in [0.4, 0.5) is 0 Å². The highest BCUT2D eigenvalue weighted by atomic mass is 79.9. The molecule has 1 heterocycles. The number of hydrogen-bond acceptors (Lipinski definition) is 3. The first-order valence-corrected chi connectivity index (χ1v) is 5.65. The third-order valence-electron chi connectivity index (χ3n) is 1.42. The van der Waals surface area contributed by atoms with Gasteiger partial charge in [-0.25, -0.2) is 4.98 Å². The van der Waals surface area contributed by atoms with Crippen molar-refractivity contribution in [2.75, 3.05) is 5.75 Å². The zero-order chi connectivity index (χ0) is 9.68. The quantitative estimate of drug-likeness (QED) is 0.781. The highest BCUT2D eigenvalue weighted by Crippen LogP contribution is 2.25. The van der Waals surface area contributed by atoms with Gasteiger partial charge < -0.3 is 0 Å². The molecule has 1 unspecified atom stereocenters. The van der Waals surface area contributed by atoms with Crippen molar-refractivity contribution in [3.8, 4) is 6.07 Å². The van der Waals surface area contributed by atoms with E-state index in [-0.39, 0.29) is 5.92 Å². The summed E-state index contributed by atoms with van der Waals surface area (Å²) in [5.41, 5.74) is 0. The van der Waals surface area contributed by atoms with Crippen LogP contribution in [-0.2, 0) is 0 Å². The largest absolute Gasteiger partial charge is 0.249 e. The van der Waals surface area contributed by atoms with Crippen LogP contribution in [0.1, 0.15) is 6.92 Å². The maximum absolute atomic E-state index is 8.59. The molecule has 1 aromatic heterocycles. The van der Waals surface area contributed by atoms with Crippen LogP contribution in [0.5, 0.6) is 0 Å². The van der Waals surface area contributed by atoms with E-state index < -0.39 is 0 Å². The smallest absolute Gasteiger partial charge is 0.110 e. The van der Waals surface area contributed by atoms with Crippen molar-refractivity contribution in [3.05, 3.63) is 22.8 Å². The summed E-state index contributed by atoms with van der Waals surface area (Å²) in [5.74, 6) is 0.852. The standard InChI is InChI=1S/C9H9BrN2S/c1-7(5-11)6-13-9-8(10)3-2-4-12-9/h2-4,7H,6H2,1H3. The van der Waals surface area contributed by atoms with Crippen LogP contribution in [0, 0.1) is 17.2 Å². The summed E-state index contributed by atoms with van der Waals surface area (Å²) in [4.78, 5) is 4.19. The van der Waals surface area contributed by atoms with Crippen LogP contribution >= 0.6 is 27.7 Å². The van der Waals surface area contributed by atoms with E-state index in [1.54, 1.807) is 18.0 Å². The van der Waals surface area contributed by atoms with Gasteiger partial charge in [0.25, 0.3) is 0 Å². The number of nitrogens with zero attached hydrogens (tertiary/aromatic N) is 2. The van der Waals surface area contributed by atoms with Crippen molar-refractivity contribution in [1.29, 1.82) is 5.26 Å². The van der Waals surface area contributed by atoms with E-state index in [1.807, 2.05) is 19.1 Å². The highest BCUT2D eigenvalue weighted by molar-refractivity contribution is 9.10. The van der Waals surface area contributed by atoms with Crippen molar-refractivity contribution in [2.24, 2.45) is 5.92 Å². The average Bonchev–Trinajstić information content (AvgIpc) is 2.16. The Morgan fingerprint density at radius 2 is 2.54 bits per heavy atom. The van der Waals surface area contributed by atoms with Gasteiger partial charge in [0.2, 0.25) is 0 Å². The predicted octanol–water partition coefficient (Wildman–Crippen LogP) is 3.10. The van der Waals surface area contributed by atoms with Crippen LogP contribution in [0.3, 0.4) is 0 Å². The summed E-state index contributed by atoms with van der Waals surface area (Å²) in [5, 5.41) is 9.54. The Morgan fingerprint density at radius 3 is 3.15 bits per heavy atom. The second-order valence-corrected chi connectivity index (χ2v) is 4.49. The summed E-state index contributed by atoms with van der Waals surface area (Å²) < 4.78 is 0.991. The third-order valence-corrected chi connectivity index (χ3v) is 3.58. The topological polar surface area (TPSA) is 36.7 Å². The minimum atomic E-state index is 0.0684. The van der Waals surface area contributed by atoms with Crippen molar-refractivity contribution < 1.29 is 0 Å². The molecule has 1 aromatic rings. The molecule has 0 aliphatic heterocycles. The molecule has 0 aliphatic carbocycles. The zero-order valence-electron chi connectivity index (χ0n) is 7.20. The maximum Gasteiger partial charge on any atom is 0.110 e. The molecule has 0 saturated carbocycles. The number of nitriles is 1. The Hall–Kier alpha value is -0.530. The van der Waals surface area contributed by atoms with Gasteiger partial charge in [-0.3, -0.25) is 0 Å². The third kappa shape index (κ3) is 3.37. The molecule has 2 nitrogen and oxygen atoms in total. The molecular formula is C9H9BrN2S. The van der Waals surface area contributed by atoms with Gasteiger partial charge in [0, 0.05) is 16.4 Å². The lowest BCUT2D eigenvalue weighted by atomic mass is 10.3. The molecule has 1 rings (SSSR count). The predicted molar refractivity (Wildman–Crippen MR) is 57.4 cm³/mol. The minimum Gasteiger partial charge on any atom is -0.249 e. The summed E-state index contributed by atoms with van der Waals surface area (Å²) in [7, 11) is 0. The van der Waals surface area contributed by atoms with E-state index in [1.165, 1.54) is 0 Å². The molecule has 0 saturated heterocycles. The zero-order valence-corrected chi connectivity index (χ0v) is 9.60. The molecule has 68 valence electrons. The monoisotopic (exact) mass is 256 g/mol. The molecule has 0 aliphatic rings. The maximum atomic E-state index is 8.59. The molecule has 0 radical (unpaired) electrons. The number of pyridine rings is 1. The first kappa shape index (κ1) is 10.6. The van der Waals surface area contributed by atoms with Gasteiger partial charge in [-0.15, -0.1) is 11.8 Å². The van der Waals surface area contributed by atoms with E-state index in [2.05, 4.69) is 27.0 Å². The Bertz CT molecular complexity index is 322. The molecule has 0 fully saturated rings. The molecule has 0 amide bonds. The molecule has 0 bridgehead atoms. The van der Waals surface area contributed by atoms with Crippen molar-refractivity contribution in [2.45, 2.75) is 11.9 Å². The molecular weight excluding hydrogens is 248 g/mol.